The van der Waals surface area contributed by atoms with E-state index in [9.17, 15) is 0 Å². The van der Waals surface area contributed by atoms with Crippen LogP contribution in [-0.4, -0.2) is 17.3 Å². The molecule has 0 aliphatic heterocycles. The van der Waals surface area contributed by atoms with E-state index < -0.39 is 0 Å². The summed E-state index contributed by atoms with van der Waals surface area (Å²) in [5, 5.41) is 3.87. The zero-order valence-corrected chi connectivity index (χ0v) is 9.66. The van der Waals surface area contributed by atoms with Crippen molar-refractivity contribution in [3.63, 3.8) is 0 Å². The number of ether oxygens (including phenoxy) is 1. The molecule has 0 amide bonds. The average Bonchev–Trinajstić information content (AvgIpc) is 3.09. The smallest absolute Gasteiger partial charge is 0.258 e. The molecule has 2 heterocycles. The van der Waals surface area contributed by atoms with Gasteiger partial charge in [-0.25, -0.2) is 0 Å². The van der Waals surface area contributed by atoms with Gasteiger partial charge in [0.25, 0.3) is 5.89 Å². The average molecular weight is 242 g/mol. The molecular formula is C13H10N2O3. The zero-order valence-electron chi connectivity index (χ0n) is 9.66. The predicted octanol–water partition coefficient (Wildman–Crippen LogP) is 3.01. The maximum atomic E-state index is 5.20. The summed E-state index contributed by atoms with van der Waals surface area (Å²) < 4.78 is 15.5. The summed E-state index contributed by atoms with van der Waals surface area (Å²) in [7, 11) is 1.62. The Balaban J connectivity index is 1.92. The molecule has 0 bridgehead atoms. The van der Waals surface area contributed by atoms with Crippen LogP contribution in [0.4, 0.5) is 0 Å². The maximum absolute atomic E-state index is 5.20. The van der Waals surface area contributed by atoms with Crippen molar-refractivity contribution in [1.82, 2.24) is 10.1 Å². The molecule has 0 atom stereocenters. The quantitative estimate of drug-likeness (QED) is 0.706. The van der Waals surface area contributed by atoms with Crippen LogP contribution in [0.25, 0.3) is 23.0 Å². The first-order valence-electron chi connectivity index (χ1n) is 5.39. The molecule has 0 saturated carbocycles. The van der Waals surface area contributed by atoms with E-state index in [1.807, 2.05) is 24.3 Å². The maximum Gasteiger partial charge on any atom is 0.258 e. The highest BCUT2D eigenvalue weighted by molar-refractivity contribution is 5.57. The molecule has 0 spiro atoms. The molecule has 0 radical (unpaired) electrons. The normalized spacial score (nSPS) is 10.5. The summed E-state index contributed by atoms with van der Waals surface area (Å²) in [5.41, 5.74) is 0.834. The van der Waals surface area contributed by atoms with Gasteiger partial charge >= 0.3 is 0 Å². The molecule has 0 N–H and O–H groups in total. The monoisotopic (exact) mass is 242 g/mol. The Hall–Kier alpha value is -2.56. The SMILES string of the molecule is COc1ccc(-c2nc(-c3ccco3)no2)cc1. The van der Waals surface area contributed by atoms with Gasteiger partial charge in [-0.2, -0.15) is 4.98 Å². The third-order valence-electron chi connectivity index (χ3n) is 2.50. The van der Waals surface area contributed by atoms with Gasteiger partial charge in [0.1, 0.15) is 5.75 Å². The number of aromatic nitrogens is 2. The van der Waals surface area contributed by atoms with Crippen molar-refractivity contribution in [2.75, 3.05) is 7.11 Å². The van der Waals surface area contributed by atoms with E-state index in [0.29, 0.717) is 17.5 Å². The van der Waals surface area contributed by atoms with Crippen LogP contribution < -0.4 is 4.74 Å². The zero-order chi connectivity index (χ0) is 12.4. The highest BCUT2D eigenvalue weighted by Gasteiger charge is 2.12. The molecule has 2 aromatic heterocycles. The third-order valence-corrected chi connectivity index (χ3v) is 2.50. The summed E-state index contributed by atoms with van der Waals surface area (Å²) >= 11 is 0. The van der Waals surface area contributed by atoms with Gasteiger partial charge in [-0.05, 0) is 36.4 Å². The Kier molecular flexibility index (Phi) is 2.57. The standard InChI is InChI=1S/C13H10N2O3/c1-16-10-6-4-9(5-7-10)13-14-12(15-18-13)11-3-2-8-17-11/h2-8H,1H3. The number of methoxy groups -OCH3 is 1. The molecule has 5 nitrogen and oxygen atoms in total. The van der Waals surface area contributed by atoms with Crippen molar-refractivity contribution >= 4 is 0 Å². The number of rotatable bonds is 3. The number of hydrogen-bond acceptors (Lipinski definition) is 5. The Bertz CT molecular complexity index is 627. The molecule has 0 aliphatic carbocycles. The molecule has 0 unspecified atom stereocenters. The van der Waals surface area contributed by atoms with Crippen molar-refractivity contribution in [2.24, 2.45) is 0 Å². The molecular weight excluding hydrogens is 232 g/mol. The lowest BCUT2D eigenvalue weighted by Crippen LogP contribution is -1.83. The second kappa shape index (κ2) is 4.37. The van der Waals surface area contributed by atoms with Gasteiger partial charge in [0.2, 0.25) is 5.82 Å². The van der Waals surface area contributed by atoms with E-state index in [0.717, 1.165) is 11.3 Å². The topological polar surface area (TPSA) is 61.3 Å². The van der Waals surface area contributed by atoms with Gasteiger partial charge in [0.15, 0.2) is 5.76 Å². The minimum atomic E-state index is 0.436. The molecule has 0 fully saturated rings. The Morgan fingerprint density at radius 3 is 2.61 bits per heavy atom. The molecule has 90 valence electrons. The van der Waals surface area contributed by atoms with Crippen molar-refractivity contribution in [2.45, 2.75) is 0 Å². The van der Waals surface area contributed by atoms with Crippen LogP contribution in [0.1, 0.15) is 0 Å². The number of nitrogens with zero attached hydrogens (tertiary/aromatic N) is 2. The first-order chi connectivity index (χ1) is 8.86. The fourth-order valence-electron chi connectivity index (χ4n) is 1.58. The number of benzene rings is 1. The summed E-state index contributed by atoms with van der Waals surface area (Å²) in [4.78, 5) is 4.27. The fourth-order valence-corrected chi connectivity index (χ4v) is 1.58. The van der Waals surface area contributed by atoms with Gasteiger partial charge in [0, 0.05) is 5.56 Å². The largest absolute Gasteiger partial charge is 0.497 e. The second-order valence-corrected chi connectivity index (χ2v) is 3.63. The van der Waals surface area contributed by atoms with Crippen molar-refractivity contribution in [1.29, 1.82) is 0 Å². The van der Waals surface area contributed by atoms with Gasteiger partial charge in [-0.1, -0.05) is 5.16 Å². The summed E-state index contributed by atoms with van der Waals surface area (Å²) in [6.45, 7) is 0. The minimum Gasteiger partial charge on any atom is -0.497 e. The van der Waals surface area contributed by atoms with Crippen molar-refractivity contribution < 1.29 is 13.7 Å². The van der Waals surface area contributed by atoms with Crippen LogP contribution in [-0.2, 0) is 0 Å². The molecule has 5 heteroatoms. The van der Waals surface area contributed by atoms with E-state index >= 15 is 0 Å². The van der Waals surface area contributed by atoms with E-state index in [-0.39, 0.29) is 0 Å². The lowest BCUT2D eigenvalue weighted by atomic mass is 10.2. The molecule has 3 rings (SSSR count). The Morgan fingerprint density at radius 1 is 1.11 bits per heavy atom. The first kappa shape index (κ1) is 10.6. The highest BCUT2D eigenvalue weighted by atomic mass is 16.5. The van der Waals surface area contributed by atoms with E-state index in [4.69, 9.17) is 13.7 Å². The number of furan rings is 1. The highest BCUT2D eigenvalue weighted by Crippen LogP contribution is 2.23. The van der Waals surface area contributed by atoms with Crippen LogP contribution in [0.2, 0.25) is 0 Å². The summed E-state index contributed by atoms with van der Waals surface area (Å²) in [5.74, 6) is 2.25. The van der Waals surface area contributed by atoms with Gasteiger partial charge in [-0.3, -0.25) is 0 Å². The van der Waals surface area contributed by atoms with Crippen LogP contribution in [0.3, 0.4) is 0 Å². The van der Waals surface area contributed by atoms with Crippen LogP contribution in [0.15, 0.2) is 51.6 Å². The number of hydrogen-bond donors (Lipinski definition) is 0. The second-order valence-electron chi connectivity index (χ2n) is 3.63. The van der Waals surface area contributed by atoms with Crippen LogP contribution in [0.5, 0.6) is 5.75 Å². The molecule has 1 aromatic carbocycles. The lowest BCUT2D eigenvalue weighted by molar-refractivity contribution is 0.414. The third kappa shape index (κ3) is 1.86. The Morgan fingerprint density at radius 2 is 1.94 bits per heavy atom. The molecule has 18 heavy (non-hydrogen) atoms. The van der Waals surface area contributed by atoms with Gasteiger partial charge < -0.3 is 13.7 Å². The van der Waals surface area contributed by atoms with Gasteiger partial charge in [0.05, 0.1) is 13.4 Å². The predicted molar refractivity (Wildman–Crippen MR) is 64.0 cm³/mol. The fraction of sp³-hybridized carbons (Fsp3) is 0.0769. The Labute approximate surface area is 103 Å². The van der Waals surface area contributed by atoms with Crippen LogP contribution >= 0.6 is 0 Å². The molecule has 3 aromatic rings. The van der Waals surface area contributed by atoms with E-state index in [1.54, 1.807) is 25.5 Å². The minimum absolute atomic E-state index is 0.436. The lowest BCUT2D eigenvalue weighted by Gasteiger charge is -1.98. The van der Waals surface area contributed by atoms with E-state index in [2.05, 4.69) is 10.1 Å². The van der Waals surface area contributed by atoms with Crippen molar-refractivity contribution in [3.8, 4) is 28.8 Å². The van der Waals surface area contributed by atoms with Gasteiger partial charge in [-0.15, -0.1) is 0 Å². The summed E-state index contributed by atoms with van der Waals surface area (Å²) in [6.07, 6.45) is 1.57. The summed E-state index contributed by atoms with van der Waals surface area (Å²) in [6, 6.07) is 11.0. The van der Waals surface area contributed by atoms with Crippen molar-refractivity contribution in [3.05, 3.63) is 42.7 Å². The van der Waals surface area contributed by atoms with E-state index in [1.165, 1.54) is 0 Å². The first-order valence-corrected chi connectivity index (χ1v) is 5.39. The molecule has 0 saturated heterocycles. The molecule has 0 aliphatic rings. The van der Waals surface area contributed by atoms with Crippen LogP contribution in [0, 0.1) is 0 Å².